The predicted octanol–water partition coefficient (Wildman–Crippen LogP) is 6.54. The number of carbonyl (C=O) groups excluding carboxylic acids is 1. The van der Waals surface area contributed by atoms with E-state index in [4.69, 9.17) is 4.42 Å². The number of nitrogens with one attached hydrogen (secondary N) is 1. The van der Waals surface area contributed by atoms with Crippen LogP contribution in [0.4, 0.5) is 18.9 Å². The van der Waals surface area contributed by atoms with Crippen molar-refractivity contribution in [2.75, 3.05) is 5.32 Å². The van der Waals surface area contributed by atoms with Crippen LogP contribution in [0.15, 0.2) is 106 Å². The van der Waals surface area contributed by atoms with E-state index in [1.807, 2.05) is 13.0 Å². The number of anilines is 1. The molecule has 1 aromatic heterocycles. The van der Waals surface area contributed by atoms with E-state index in [9.17, 15) is 31.6 Å². The van der Waals surface area contributed by atoms with Crippen LogP contribution in [0.1, 0.15) is 28.2 Å². The maximum atomic E-state index is 13.5. The third-order valence-electron chi connectivity index (χ3n) is 5.97. The van der Waals surface area contributed by atoms with Crippen molar-refractivity contribution in [3.05, 3.63) is 125 Å². The summed E-state index contributed by atoms with van der Waals surface area (Å²) < 4.78 is 73.0. The molecule has 0 aliphatic heterocycles. The van der Waals surface area contributed by atoms with E-state index in [0.29, 0.717) is 0 Å². The van der Waals surface area contributed by atoms with Crippen LogP contribution < -0.4 is 5.32 Å². The summed E-state index contributed by atoms with van der Waals surface area (Å²) in [5, 5.41) is 11.8. The molecule has 1 N–H and O–H groups in total. The van der Waals surface area contributed by atoms with Crippen molar-refractivity contribution in [2.24, 2.45) is 0 Å². The van der Waals surface area contributed by atoms with Crippen LogP contribution in [0.5, 0.6) is 0 Å². The summed E-state index contributed by atoms with van der Waals surface area (Å²) in [4.78, 5) is 12.7. The number of furan rings is 1. The first-order valence-corrected chi connectivity index (χ1v) is 13.7. The summed E-state index contributed by atoms with van der Waals surface area (Å²) >= 11 is 0. The Morgan fingerprint density at radius 1 is 0.976 bits per heavy atom. The number of sulfonamides is 1. The number of alkyl halides is 3. The molecule has 0 fully saturated rings. The van der Waals surface area contributed by atoms with E-state index in [-0.39, 0.29) is 35.2 Å². The van der Waals surface area contributed by atoms with Gasteiger partial charge in [-0.3, -0.25) is 4.79 Å². The second-order valence-corrected chi connectivity index (χ2v) is 11.0. The predicted molar refractivity (Wildman–Crippen MR) is 146 cm³/mol. The molecule has 1 heterocycles. The van der Waals surface area contributed by atoms with Gasteiger partial charge in [-0.05, 0) is 55.0 Å². The van der Waals surface area contributed by atoms with E-state index >= 15 is 0 Å². The Balaban J connectivity index is 1.56. The van der Waals surface area contributed by atoms with Gasteiger partial charge >= 0.3 is 6.18 Å². The number of hydrogen-bond donors (Lipinski definition) is 1. The fourth-order valence-corrected chi connectivity index (χ4v) is 5.26. The average Bonchev–Trinajstić information content (AvgIpc) is 3.38. The topological polar surface area (TPSA) is 103 Å². The minimum Gasteiger partial charge on any atom is -0.460 e. The molecule has 0 aliphatic carbocycles. The zero-order valence-corrected chi connectivity index (χ0v) is 22.5. The smallest absolute Gasteiger partial charge is 0.416 e. The second-order valence-electron chi connectivity index (χ2n) is 9.08. The number of halogens is 3. The van der Waals surface area contributed by atoms with Gasteiger partial charge in [-0.1, -0.05) is 54.1 Å². The molecule has 210 valence electrons. The summed E-state index contributed by atoms with van der Waals surface area (Å²) in [6.07, 6.45) is -3.47. The lowest BCUT2D eigenvalue weighted by molar-refractivity contribution is -0.137. The maximum Gasteiger partial charge on any atom is 0.416 e. The molecule has 0 radical (unpaired) electrons. The van der Waals surface area contributed by atoms with E-state index in [2.05, 4.69) is 5.32 Å². The van der Waals surface area contributed by atoms with Gasteiger partial charge in [0.1, 0.15) is 23.2 Å². The first-order valence-electron chi connectivity index (χ1n) is 12.3. The lowest BCUT2D eigenvalue weighted by Gasteiger charge is -2.21. The Bertz CT molecular complexity index is 1710. The molecule has 4 rings (SSSR count). The normalized spacial score (nSPS) is 12.2. The van der Waals surface area contributed by atoms with Gasteiger partial charge in [-0.25, -0.2) is 8.42 Å². The highest BCUT2D eigenvalue weighted by molar-refractivity contribution is 7.89. The molecule has 0 atom stereocenters. The van der Waals surface area contributed by atoms with Gasteiger partial charge in [0.25, 0.3) is 5.91 Å². The van der Waals surface area contributed by atoms with Crippen molar-refractivity contribution in [1.82, 2.24) is 4.31 Å². The van der Waals surface area contributed by atoms with Crippen LogP contribution in [0.3, 0.4) is 0 Å². The number of nitrogens with zero attached hydrogens (tertiary/aromatic N) is 2. The monoisotopic (exact) mass is 579 g/mol. The minimum atomic E-state index is -4.60. The summed E-state index contributed by atoms with van der Waals surface area (Å²) in [6, 6.07) is 24.2. The van der Waals surface area contributed by atoms with Crippen molar-refractivity contribution < 1.29 is 30.8 Å². The number of aryl methyl sites for hydroxylation is 1. The zero-order valence-electron chi connectivity index (χ0n) is 21.7. The minimum absolute atomic E-state index is 0.0613. The van der Waals surface area contributed by atoms with Gasteiger partial charge in [0.05, 0.1) is 17.0 Å². The van der Waals surface area contributed by atoms with Crippen LogP contribution >= 0.6 is 0 Å². The molecule has 7 nitrogen and oxygen atoms in total. The number of benzene rings is 3. The van der Waals surface area contributed by atoms with Gasteiger partial charge in [0, 0.05) is 18.3 Å². The zero-order chi connectivity index (χ0) is 29.6. The molecule has 0 bridgehead atoms. The molecule has 3 aromatic carbocycles. The Hall–Kier alpha value is -4.66. The quantitative estimate of drug-likeness (QED) is 0.179. The SMILES string of the molecule is Cc1ccc(S(=O)(=O)N(Cc2ccccc2)Cc2ccc(/C=C(/C#N)C(=O)Nc3cccc(C(F)(F)F)c3)o2)cc1. The molecule has 11 heteroatoms. The van der Waals surface area contributed by atoms with Crippen LogP contribution in [-0.4, -0.2) is 18.6 Å². The molecule has 4 aromatic rings. The van der Waals surface area contributed by atoms with Gasteiger partial charge in [-0.15, -0.1) is 0 Å². The van der Waals surface area contributed by atoms with E-state index in [1.54, 1.807) is 42.5 Å². The van der Waals surface area contributed by atoms with Crippen molar-refractivity contribution >= 4 is 27.7 Å². The molecule has 0 unspecified atom stereocenters. The first-order chi connectivity index (χ1) is 19.5. The fourth-order valence-electron chi connectivity index (χ4n) is 3.87. The highest BCUT2D eigenvalue weighted by Gasteiger charge is 2.30. The van der Waals surface area contributed by atoms with E-state index < -0.39 is 33.2 Å². The number of carbonyl (C=O) groups is 1. The van der Waals surface area contributed by atoms with Crippen LogP contribution in [0.2, 0.25) is 0 Å². The summed E-state index contributed by atoms with van der Waals surface area (Å²) in [7, 11) is -3.93. The Morgan fingerprint density at radius 3 is 2.34 bits per heavy atom. The van der Waals surface area contributed by atoms with Gasteiger partial charge in [0.15, 0.2) is 0 Å². The number of amides is 1. The van der Waals surface area contributed by atoms with Crippen molar-refractivity contribution in [2.45, 2.75) is 31.1 Å². The molecule has 0 spiro atoms. The lowest BCUT2D eigenvalue weighted by atomic mass is 10.1. The Kier molecular flexibility index (Phi) is 8.76. The molecule has 0 aliphatic rings. The van der Waals surface area contributed by atoms with Crippen LogP contribution in [-0.2, 0) is 34.1 Å². The van der Waals surface area contributed by atoms with E-state index in [1.165, 1.54) is 34.6 Å². The third kappa shape index (κ3) is 7.51. The lowest BCUT2D eigenvalue weighted by Crippen LogP contribution is -2.30. The summed E-state index contributed by atoms with van der Waals surface area (Å²) in [5.41, 5.74) is 0.161. The van der Waals surface area contributed by atoms with Crippen molar-refractivity contribution in [3.8, 4) is 6.07 Å². The number of nitriles is 1. The van der Waals surface area contributed by atoms with Gasteiger partial charge < -0.3 is 9.73 Å². The van der Waals surface area contributed by atoms with Gasteiger partial charge in [-0.2, -0.15) is 22.7 Å². The summed E-state index contributed by atoms with van der Waals surface area (Å²) in [5.74, 6) is -0.598. The Labute approximate surface area is 235 Å². The molecular formula is C30H24F3N3O4S. The second kappa shape index (κ2) is 12.2. The average molecular weight is 580 g/mol. The third-order valence-corrected chi connectivity index (χ3v) is 7.78. The highest BCUT2D eigenvalue weighted by atomic mass is 32.2. The standard InChI is InChI=1S/C30H24F3N3O4S/c1-21-10-14-28(15-11-21)41(38,39)36(19-22-6-3-2-4-7-22)20-27-13-12-26(40-27)16-23(18-34)29(37)35-25-9-5-8-24(17-25)30(31,32)33/h2-17H,19-20H2,1H3,(H,35,37)/b23-16-. The maximum absolute atomic E-state index is 13.5. The van der Waals surface area contributed by atoms with Crippen LogP contribution in [0.25, 0.3) is 6.08 Å². The van der Waals surface area contributed by atoms with Crippen molar-refractivity contribution in [1.29, 1.82) is 5.26 Å². The summed E-state index contributed by atoms with van der Waals surface area (Å²) in [6.45, 7) is 1.77. The number of hydrogen-bond acceptors (Lipinski definition) is 5. The van der Waals surface area contributed by atoms with E-state index in [0.717, 1.165) is 35.4 Å². The molecule has 1 amide bonds. The first kappa shape index (κ1) is 29.3. The molecule has 41 heavy (non-hydrogen) atoms. The highest BCUT2D eigenvalue weighted by Crippen LogP contribution is 2.31. The molecule has 0 saturated heterocycles. The fraction of sp³-hybridized carbons (Fsp3) is 0.133. The molecule has 0 saturated carbocycles. The van der Waals surface area contributed by atoms with Crippen LogP contribution in [0, 0.1) is 18.3 Å². The largest absolute Gasteiger partial charge is 0.460 e. The van der Waals surface area contributed by atoms with Crippen molar-refractivity contribution in [3.63, 3.8) is 0 Å². The number of rotatable bonds is 9. The molecular weight excluding hydrogens is 555 g/mol. The van der Waals surface area contributed by atoms with Gasteiger partial charge in [0.2, 0.25) is 10.0 Å². The Morgan fingerprint density at radius 2 is 1.68 bits per heavy atom.